The molecule has 3 heterocycles. The van der Waals surface area contributed by atoms with E-state index >= 15 is 0 Å². The van der Waals surface area contributed by atoms with Crippen LogP contribution in [0.3, 0.4) is 0 Å². The van der Waals surface area contributed by atoms with Crippen LogP contribution in [-0.4, -0.2) is 33.4 Å². The fourth-order valence-electron chi connectivity index (χ4n) is 5.80. The molecule has 6 nitrogen and oxygen atoms in total. The number of aryl methyl sites for hydroxylation is 2. The third kappa shape index (κ3) is 3.97. The highest BCUT2D eigenvalue weighted by molar-refractivity contribution is 5.94. The van der Waals surface area contributed by atoms with Crippen molar-refractivity contribution in [1.82, 2.24) is 19.7 Å². The number of nitrogens with zero attached hydrogens (tertiary/aromatic N) is 4. The van der Waals surface area contributed by atoms with Crippen molar-refractivity contribution in [3.63, 3.8) is 0 Å². The van der Waals surface area contributed by atoms with Crippen molar-refractivity contribution in [2.45, 2.75) is 45.6 Å². The monoisotopic (exact) mass is 465 g/mol. The van der Waals surface area contributed by atoms with Crippen molar-refractivity contribution in [1.29, 1.82) is 0 Å². The summed E-state index contributed by atoms with van der Waals surface area (Å²) in [6, 6.07) is 19.5. The third-order valence-electron chi connectivity index (χ3n) is 7.67. The number of anilines is 1. The van der Waals surface area contributed by atoms with Crippen LogP contribution in [-0.2, 0) is 13.0 Å². The van der Waals surface area contributed by atoms with Gasteiger partial charge in [-0.25, -0.2) is 9.97 Å². The number of amides is 1. The summed E-state index contributed by atoms with van der Waals surface area (Å²) >= 11 is 0. The van der Waals surface area contributed by atoms with Gasteiger partial charge in [0.25, 0.3) is 5.91 Å². The van der Waals surface area contributed by atoms with E-state index in [2.05, 4.69) is 74.8 Å². The number of para-hydroxylation sites is 1. The Labute approximate surface area is 206 Å². The average Bonchev–Trinajstić information content (AvgIpc) is 3.20. The lowest BCUT2D eigenvalue weighted by Gasteiger charge is -2.60. The van der Waals surface area contributed by atoms with Crippen molar-refractivity contribution >= 4 is 17.4 Å². The molecule has 1 saturated heterocycles. The molecule has 6 rings (SSSR count). The minimum absolute atomic E-state index is 0.111. The maximum Gasteiger partial charge on any atom is 0.270 e. The number of rotatable bonds is 6. The number of hydrogen-bond acceptors (Lipinski definition) is 4. The van der Waals surface area contributed by atoms with Crippen LogP contribution in [0.5, 0.6) is 0 Å². The fraction of sp³-hybridized carbons (Fsp3) is 0.345. The second-order valence-corrected chi connectivity index (χ2v) is 10.3. The molecule has 2 aliphatic rings. The van der Waals surface area contributed by atoms with Gasteiger partial charge >= 0.3 is 0 Å². The minimum Gasteiger partial charge on any atom is -0.370 e. The molecule has 1 spiro atoms. The number of nitrogens with one attached hydrogen (secondary N) is 1. The van der Waals surface area contributed by atoms with Crippen LogP contribution in [0.1, 0.15) is 58.6 Å². The lowest BCUT2D eigenvalue weighted by molar-refractivity contribution is 0.0634. The predicted molar refractivity (Wildman–Crippen MR) is 138 cm³/mol. The van der Waals surface area contributed by atoms with Gasteiger partial charge in [0.05, 0.1) is 5.69 Å². The molecule has 0 unspecified atom stereocenters. The molecule has 2 aromatic carbocycles. The first-order chi connectivity index (χ1) is 17.0. The molecule has 1 amide bonds. The molecule has 35 heavy (non-hydrogen) atoms. The summed E-state index contributed by atoms with van der Waals surface area (Å²) in [5.74, 6) is 1.11. The minimum atomic E-state index is -0.111. The zero-order valence-electron chi connectivity index (χ0n) is 20.4. The van der Waals surface area contributed by atoms with E-state index < -0.39 is 0 Å². The predicted octanol–water partition coefficient (Wildman–Crippen LogP) is 4.91. The Morgan fingerprint density at radius 1 is 1.09 bits per heavy atom. The van der Waals surface area contributed by atoms with Gasteiger partial charge in [-0.2, -0.15) is 0 Å². The number of hydrogen-bond donors (Lipinski definition) is 1. The smallest absolute Gasteiger partial charge is 0.270 e. The Bertz CT molecular complexity index is 1360. The normalized spacial score (nSPS) is 16.8. The molecule has 0 atom stereocenters. The molecular weight excluding hydrogens is 434 g/mol. The highest BCUT2D eigenvalue weighted by Crippen LogP contribution is 2.56. The Hall–Kier alpha value is -3.67. The van der Waals surface area contributed by atoms with Crippen molar-refractivity contribution in [3.8, 4) is 0 Å². The second-order valence-electron chi connectivity index (χ2n) is 10.3. The Morgan fingerprint density at radius 3 is 2.54 bits per heavy atom. The quantitative estimate of drug-likeness (QED) is 0.439. The number of carbonyl (C=O) groups excluding carboxylic acids is 1. The topological polar surface area (TPSA) is 62.5 Å². The maximum absolute atomic E-state index is 13.1. The van der Waals surface area contributed by atoms with Crippen molar-refractivity contribution in [3.05, 3.63) is 95.1 Å². The summed E-state index contributed by atoms with van der Waals surface area (Å²) in [5.41, 5.74) is 6.73. The van der Waals surface area contributed by atoms with Gasteiger partial charge in [-0.15, -0.1) is 0 Å². The Balaban J connectivity index is 1.05. The standard InChI is InChI=1S/C29H31N5O/c1-3-25-26(34-17-20(2)15-31-28(34)32-25)27(35)30-16-21-9-11-22(12-10-21)23-13-29(14-23)18-33(19-29)24-7-5-4-6-8-24/h4-12,15,17,23H,3,13-14,16,18-19H2,1-2H3,(H,30,35). The molecule has 1 saturated carbocycles. The van der Waals surface area contributed by atoms with E-state index in [-0.39, 0.29) is 5.91 Å². The Kier molecular flexibility index (Phi) is 5.32. The van der Waals surface area contributed by atoms with Gasteiger partial charge in [0, 0.05) is 43.1 Å². The van der Waals surface area contributed by atoms with Gasteiger partial charge in [-0.05, 0) is 60.9 Å². The van der Waals surface area contributed by atoms with Crippen molar-refractivity contribution < 1.29 is 4.79 Å². The molecule has 178 valence electrons. The van der Waals surface area contributed by atoms with Gasteiger partial charge < -0.3 is 10.2 Å². The lowest BCUT2D eigenvalue weighted by atomic mass is 9.56. The van der Waals surface area contributed by atoms with Gasteiger partial charge in [0.2, 0.25) is 5.78 Å². The summed E-state index contributed by atoms with van der Waals surface area (Å²) in [5, 5.41) is 3.08. The number of carbonyl (C=O) groups is 1. The second kappa shape index (κ2) is 8.52. The van der Waals surface area contributed by atoms with Crippen LogP contribution in [0.2, 0.25) is 0 Å². The first kappa shape index (κ1) is 21.8. The van der Waals surface area contributed by atoms with E-state index in [1.807, 2.05) is 20.0 Å². The molecule has 0 radical (unpaired) electrons. The van der Waals surface area contributed by atoms with Crippen LogP contribution in [0.4, 0.5) is 5.69 Å². The van der Waals surface area contributed by atoms with Crippen LogP contribution in [0.15, 0.2) is 67.0 Å². The highest BCUT2D eigenvalue weighted by Gasteiger charge is 2.52. The van der Waals surface area contributed by atoms with E-state index in [0.29, 0.717) is 35.8 Å². The van der Waals surface area contributed by atoms with Gasteiger partial charge in [0.1, 0.15) is 5.69 Å². The molecule has 1 aliphatic heterocycles. The number of fused-ring (bicyclic) bond motifs is 1. The lowest BCUT2D eigenvalue weighted by Crippen LogP contribution is -2.61. The maximum atomic E-state index is 13.1. The van der Waals surface area contributed by atoms with E-state index in [4.69, 9.17) is 0 Å². The van der Waals surface area contributed by atoms with Crippen LogP contribution >= 0.6 is 0 Å². The van der Waals surface area contributed by atoms with Gasteiger partial charge in [0.15, 0.2) is 0 Å². The summed E-state index contributed by atoms with van der Waals surface area (Å²) in [6.07, 6.45) is 6.93. The highest BCUT2D eigenvalue weighted by atomic mass is 16.1. The van der Waals surface area contributed by atoms with Crippen LogP contribution in [0.25, 0.3) is 5.78 Å². The van der Waals surface area contributed by atoms with E-state index in [1.165, 1.54) is 37.2 Å². The molecule has 2 fully saturated rings. The third-order valence-corrected chi connectivity index (χ3v) is 7.67. The average molecular weight is 466 g/mol. The number of imidazole rings is 1. The van der Waals surface area contributed by atoms with Crippen LogP contribution < -0.4 is 10.2 Å². The zero-order valence-corrected chi connectivity index (χ0v) is 20.4. The van der Waals surface area contributed by atoms with E-state index in [1.54, 1.807) is 10.6 Å². The first-order valence-electron chi connectivity index (χ1n) is 12.5. The summed E-state index contributed by atoms with van der Waals surface area (Å²) in [6.45, 7) is 6.83. The summed E-state index contributed by atoms with van der Waals surface area (Å²) in [4.78, 5) is 24.4. The van der Waals surface area contributed by atoms with Gasteiger partial charge in [-0.3, -0.25) is 9.20 Å². The molecule has 1 aliphatic carbocycles. The molecule has 1 N–H and O–H groups in total. The Morgan fingerprint density at radius 2 is 1.83 bits per heavy atom. The molecule has 0 bridgehead atoms. The van der Waals surface area contributed by atoms with Crippen molar-refractivity contribution in [2.75, 3.05) is 18.0 Å². The van der Waals surface area contributed by atoms with Crippen LogP contribution in [0, 0.1) is 12.3 Å². The van der Waals surface area contributed by atoms with E-state index in [9.17, 15) is 4.79 Å². The molecular formula is C29H31N5O. The largest absolute Gasteiger partial charge is 0.370 e. The molecule has 6 heteroatoms. The zero-order chi connectivity index (χ0) is 24.0. The fourth-order valence-corrected chi connectivity index (χ4v) is 5.80. The SMILES string of the molecule is CCc1nc2ncc(C)cn2c1C(=O)NCc1ccc(C2CC3(C2)CN(c2ccccc2)C3)cc1. The number of benzene rings is 2. The molecule has 4 aromatic rings. The van der Waals surface area contributed by atoms with Crippen molar-refractivity contribution in [2.24, 2.45) is 5.41 Å². The first-order valence-corrected chi connectivity index (χ1v) is 12.5. The van der Waals surface area contributed by atoms with Gasteiger partial charge in [-0.1, -0.05) is 49.4 Å². The molecule has 2 aromatic heterocycles. The number of aromatic nitrogens is 3. The summed E-state index contributed by atoms with van der Waals surface area (Å²) < 4.78 is 1.80. The summed E-state index contributed by atoms with van der Waals surface area (Å²) in [7, 11) is 0. The van der Waals surface area contributed by atoms with E-state index in [0.717, 1.165) is 16.8 Å².